The fourth-order valence-electron chi connectivity index (χ4n) is 3.81. The number of hydrogen-bond donors (Lipinski definition) is 3. The summed E-state index contributed by atoms with van der Waals surface area (Å²) in [5, 5.41) is 8.25. The molecule has 1 fully saturated rings. The van der Waals surface area contributed by atoms with Crippen molar-refractivity contribution < 1.29 is 18.4 Å². The third-order valence-electron chi connectivity index (χ3n) is 5.39. The number of carbonyl (C=O) groups excluding carboxylic acids is 2. The maximum absolute atomic E-state index is 13.7. The van der Waals surface area contributed by atoms with Crippen LogP contribution in [-0.2, 0) is 4.79 Å². The van der Waals surface area contributed by atoms with Crippen LogP contribution in [0.25, 0.3) is 0 Å². The van der Waals surface area contributed by atoms with Gasteiger partial charge in [-0.05, 0) is 42.7 Å². The summed E-state index contributed by atoms with van der Waals surface area (Å²) in [4.78, 5) is 29.6. The lowest BCUT2D eigenvalue weighted by Gasteiger charge is -2.26. The minimum absolute atomic E-state index is 0.124. The van der Waals surface area contributed by atoms with E-state index < -0.39 is 29.5 Å². The average molecular weight is 416 g/mol. The van der Waals surface area contributed by atoms with Crippen LogP contribution in [0.3, 0.4) is 0 Å². The fraction of sp³-hybridized carbons (Fsp3) is 0.409. The average Bonchev–Trinajstić information content (AvgIpc) is 2.75. The van der Waals surface area contributed by atoms with E-state index >= 15 is 0 Å². The molecule has 30 heavy (non-hydrogen) atoms. The normalized spacial score (nSPS) is 15.3. The van der Waals surface area contributed by atoms with Crippen molar-refractivity contribution in [3.05, 3.63) is 53.7 Å². The van der Waals surface area contributed by atoms with E-state index in [9.17, 15) is 18.4 Å². The molecule has 1 unspecified atom stereocenters. The predicted octanol–water partition coefficient (Wildman–Crippen LogP) is 4.11. The monoisotopic (exact) mass is 416 g/mol. The number of benzene rings is 1. The van der Waals surface area contributed by atoms with Crippen molar-refractivity contribution in [1.29, 1.82) is 0 Å². The van der Waals surface area contributed by atoms with Crippen LogP contribution in [0.15, 0.2) is 36.5 Å². The molecule has 0 bridgehead atoms. The number of pyridine rings is 1. The molecule has 3 N–H and O–H groups in total. The van der Waals surface area contributed by atoms with Gasteiger partial charge >= 0.3 is 0 Å². The lowest BCUT2D eigenvalue weighted by molar-refractivity contribution is -0.118. The summed E-state index contributed by atoms with van der Waals surface area (Å²) < 4.78 is 26.8. The van der Waals surface area contributed by atoms with Crippen molar-refractivity contribution in [3.8, 4) is 0 Å². The van der Waals surface area contributed by atoms with Gasteiger partial charge in [-0.2, -0.15) is 0 Å². The van der Waals surface area contributed by atoms with Crippen LogP contribution in [0.1, 0.15) is 48.9 Å². The predicted molar refractivity (Wildman–Crippen MR) is 111 cm³/mol. The minimum atomic E-state index is -0.819. The molecule has 0 aliphatic heterocycles. The molecule has 6 nitrogen and oxygen atoms in total. The van der Waals surface area contributed by atoms with Crippen molar-refractivity contribution in [2.75, 3.05) is 17.7 Å². The number of halogens is 2. The highest BCUT2D eigenvalue weighted by molar-refractivity contribution is 6.03. The number of nitrogens with one attached hydrogen (secondary N) is 3. The van der Waals surface area contributed by atoms with Gasteiger partial charge in [0.2, 0.25) is 5.91 Å². The van der Waals surface area contributed by atoms with E-state index in [1.165, 1.54) is 30.7 Å². The van der Waals surface area contributed by atoms with Crippen molar-refractivity contribution >= 4 is 23.3 Å². The van der Waals surface area contributed by atoms with Gasteiger partial charge in [0.15, 0.2) is 0 Å². The Hall–Kier alpha value is -3.03. The van der Waals surface area contributed by atoms with E-state index in [0.29, 0.717) is 18.0 Å². The zero-order valence-corrected chi connectivity index (χ0v) is 16.9. The zero-order chi connectivity index (χ0) is 21.5. The standard InChI is InChI=1S/C22H26F2N4O2/c1-25-18-9-7-15(23)12-17(18)21(29)27-19(11-14-5-3-2-4-6-14)22(30)28-20-10-8-16(24)13-26-20/h7-10,12-14,19,25H,2-6,11H2,1H3,(H,27,29)(H,26,28,30). The maximum atomic E-state index is 13.7. The summed E-state index contributed by atoms with van der Waals surface area (Å²) in [5.41, 5.74) is 0.588. The van der Waals surface area contributed by atoms with Crippen LogP contribution in [0.5, 0.6) is 0 Å². The molecule has 2 amide bonds. The topological polar surface area (TPSA) is 83.1 Å². The van der Waals surface area contributed by atoms with E-state index in [2.05, 4.69) is 20.9 Å². The lowest BCUT2D eigenvalue weighted by Crippen LogP contribution is -2.45. The van der Waals surface area contributed by atoms with E-state index in [1.807, 2.05) is 0 Å². The van der Waals surface area contributed by atoms with Crippen molar-refractivity contribution in [2.24, 2.45) is 5.92 Å². The molecule has 1 aliphatic carbocycles. The number of aromatic nitrogens is 1. The minimum Gasteiger partial charge on any atom is -0.387 e. The van der Waals surface area contributed by atoms with E-state index in [4.69, 9.17) is 0 Å². The smallest absolute Gasteiger partial charge is 0.254 e. The summed E-state index contributed by atoms with van der Waals surface area (Å²) in [6.07, 6.45) is 6.85. The van der Waals surface area contributed by atoms with Crippen molar-refractivity contribution in [3.63, 3.8) is 0 Å². The second-order valence-corrected chi connectivity index (χ2v) is 7.56. The van der Waals surface area contributed by atoms with E-state index in [0.717, 1.165) is 37.9 Å². The Morgan fingerprint density at radius 1 is 1.10 bits per heavy atom. The van der Waals surface area contributed by atoms with Crippen molar-refractivity contribution in [2.45, 2.75) is 44.6 Å². The fourth-order valence-corrected chi connectivity index (χ4v) is 3.81. The van der Waals surface area contributed by atoms with Crippen molar-refractivity contribution in [1.82, 2.24) is 10.3 Å². The molecule has 1 heterocycles. The molecule has 0 radical (unpaired) electrons. The first kappa shape index (κ1) is 21.7. The molecule has 3 rings (SSSR count). The quantitative estimate of drug-likeness (QED) is 0.634. The number of rotatable bonds is 7. The van der Waals surface area contributed by atoms with Crippen LogP contribution in [-0.4, -0.2) is 29.9 Å². The van der Waals surface area contributed by atoms with Gasteiger partial charge in [0.05, 0.1) is 11.8 Å². The first-order valence-electron chi connectivity index (χ1n) is 10.2. The molecule has 0 spiro atoms. The number of anilines is 2. The Morgan fingerprint density at radius 2 is 1.83 bits per heavy atom. The first-order chi connectivity index (χ1) is 14.5. The van der Waals surface area contributed by atoms with Gasteiger partial charge in [0.1, 0.15) is 23.5 Å². The van der Waals surface area contributed by atoms with Gasteiger partial charge in [0, 0.05) is 12.7 Å². The Bertz CT molecular complexity index is 883. The number of hydrogen-bond acceptors (Lipinski definition) is 4. The van der Waals surface area contributed by atoms with Crippen LogP contribution in [0.2, 0.25) is 0 Å². The second-order valence-electron chi connectivity index (χ2n) is 7.56. The van der Waals surface area contributed by atoms with Gasteiger partial charge in [-0.15, -0.1) is 0 Å². The molecule has 1 aromatic heterocycles. The molecular formula is C22H26F2N4O2. The Morgan fingerprint density at radius 3 is 2.50 bits per heavy atom. The van der Waals surface area contributed by atoms with Gasteiger partial charge in [0.25, 0.3) is 5.91 Å². The molecule has 1 aliphatic rings. The Labute approximate surface area is 174 Å². The zero-order valence-electron chi connectivity index (χ0n) is 16.9. The number of nitrogens with zero attached hydrogens (tertiary/aromatic N) is 1. The van der Waals surface area contributed by atoms with E-state index in [-0.39, 0.29) is 11.4 Å². The van der Waals surface area contributed by atoms with E-state index in [1.54, 1.807) is 7.05 Å². The molecule has 1 atom stereocenters. The van der Waals surface area contributed by atoms with Gasteiger partial charge in [-0.1, -0.05) is 32.1 Å². The van der Waals surface area contributed by atoms with Crippen LogP contribution >= 0.6 is 0 Å². The van der Waals surface area contributed by atoms with Crippen LogP contribution in [0, 0.1) is 17.6 Å². The molecule has 1 aromatic carbocycles. The largest absolute Gasteiger partial charge is 0.387 e. The highest BCUT2D eigenvalue weighted by Crippen LogP contribution is 2.28. The summed E-state index contributed by atoms with van der Waals surface area (Å²) in [5.74, 6) is -1.51. The van der Waals surface area contributed by atoms with Gasteiger partial charge in [-0.3, -0.25) is 9.59 Å². The number of carbonyl (C=O) groups is 2. The molecule has 8 heteroatoms. The van der Waals surface area contributed by atoms with Gasteiger partial charge in [-0.25, -0.2) is 13.8 Å². The lowest BCUT2D eigenvalue weighted by atomic mass is 9.84. The second kappa shape index (κ2) is 10.1. The molecule has 1 saturated carbocycles. The Kier molecular flexibility index (Phi) is 7.32. The highest BCUT2D eigenvalue weighted by atomic mass is 19.1. The first-order valence-corrected chi connectivity index (χ1v) is 10.2. The van der Waals surface area contributed by atoms with Gasteiger partial charge < -0.3 is 16.0 Å². The molecular weight excluding hydrogens is 390 g/mol. The summed E-state index contributed by atoms with van der Waals surface area (Å²) >= 11 is 0. The third kappa shape index (κ3) is 5.75. The molecule has 0 saturated heterocycles. The molecule has 160 valence electrons. The Balaban J connectivity index is 1.77. The van der Waals surface area contributed by atoms with Crippen LogP contribution in [0.4, 0.5) is 20.3 Å². The summed E-state index contributed by atoms with van der Waals surface area (Å²) in [6, 6.07) is 5.61. The summed E-state index contributed by atoms with van der Waals surface area (Å²) in [7, 11) is 1.64. The van der Waals surface area contributed by atoms with Crippen LogP contribution < -0.4 is 16.0 Å². The maximum Gasteiger partial charge on any atom is 0.254 e. The molecule has 2 aromatic rings. The summed E-state index contributed by atoms with van der Waals surface area (Å²) in [6.45, 7) is 0. The SMILES string of the molecule is CNc1ccc(F)cc1C(=O)NC(CC1CCCCC1)C(=O)Nc1ccc(F)cn1. The third-order valence-corrected chi connectivity index (χ3v) is 5.39. The number of amides is 2. The highest BCUT2D eigenvalue weighted by Gasteiger charge is 2.27.